The van der Waals surface area contributed by atoms with E-state index in [4.69, 9.17) is 0 Å². The molecule has 0 radical (unpaired) electrons. The molecule has 1 aromatic carbocycles. The molecule has 2 fully saturated rings. The molecular weight excluding hydrogens is 381 g/mol. The molecule has 1 N–H and O–H groups in total. The van der Waals surface area contributed by atoms with Crippen molar-refractivity contribution in [1.82, 2.24) is 5.32 Å². The normalized spacial score (nSPS) is 27.6. The van der Waals surface area contributed by atoms with Gasteiger partial charge in [-0.2, -0.15) is 0 Å². The maximum atomic E-state index is 10.9. The largest absolute Gasteiger partial charge is 0.368 e. The van der Waals surface area contributed by atoms with Gasteiger partial charge in [0.2, 0.25) is 0 Å². The number of rotatable bonds is 4. The molecule has 0 amide bonds. The summed E-state index contributed by atoms with van der Waals surface area (Å²) in [5.74, 6) is 0. The molecule has 0 saturated carbocycles. The number of nitrogens with zero attached hydrogens (tertiary/aromatic N) is 2. The van der Waals surface area contributed by atoms with E-state index in [0.29, 0.717) is 18.1 Å². The summed E-state index contributed by atoms with van der Waals surface area (Å²) in [6.45, 7) is 3.11. The van der Waals surface area contributed by atoms with Gasteiger partial charge in [-0.05, 0) is 61.3 Å². The summed E-state index contributed by atoms with van der Waals surface area (Å²) >= 11 is 2.22. The highest BCUT2D eigenvalue weighted by atomic mass is 127. The zero-order valence-electron chi connectivity index (χ0n) is 12.1. The molecule has 2 heterocycles. The van der Waals surface area contributed by atoms with Gasteiger partial charge in [-0.25, -0.2) is 0 Å². The lowest BCUT2D eigenvalue weighted by Crippen LogP contribution is -2.48. The standard InChI is InChI=1S/C15H20IN3O2/c1-2-18(13-7-10-3-4-11(8-13)17-10)15-6-5-12(19(20)21)9-14(15)16/h5-6,9-11,13,17H,2-4,7-8H2,1H3. The van der Waals surface area contributed by atoms with Crippen molar-refractivity contribution in [2.24, 2.45) is 0 Å². The van der Waals surface area contributed by atoms with Crippen LogP contribution in [0.4, 0.5) is 11.4 Å². The summed E-state index contributed by atoms with van der Waals surface area (Å²) in [7, 11) is 0. The lowest BCUT2D eigenvalue weighted by atomic mass is 9.97. The van der Waals surface area contributed by atoms with Gasteiger partial charge in [-0.1, -0.05) is 0 Å². The smallest absolute Gasteiger partial charge is 0.270 e. The minimum absolute atomic E-state index is 0.171. The highest BCUT2D eigenvalue weighted by Gasteiger charge is 2.36. The predicted molar refractivity (Wildman–Crippen MR) is 91.8 cm³/mol. The zero-order valence-corrected chi connectivity index (χ0v) is 14.2. The summed E-state index contributed by atoms with van der Waals surface area (Å²) in [4.78, 5) is 13.0. The minimum Gasteiger partial charge on any atom is -0.368 e. The van der Waals surface area contributed by atoms with E-state index >= 15 is 0 Å². The molecule has 2 bridgehead atoms. The molecule has 3 rings (SSSR count). The van der Waals surface area contributed by atoms with E-state index in [0.717, 1.165) is 15.8 Å². The number of non-ortho nitro benzene ring substituents is 1. The number of hydrogen-bond donors (Lipinski definition) is 1. The summed E-state index contributed by atoms with van der Waals surface area (Å²) in [5.41, 5.74) is 1.31. The quantitative estimate of drug-likeness (QED) is 0.478. The Morgan fingerprint density at radius 3 is 2.57 bits per heavy atom. The molecule has 2 unspecified atom stereocenters. The third kappa shape index (κ3) is 3.01. The Labute approximate surface area is 138 Å². The Kier molecular flexibility index (Phi) is 4.35. The Bertz CT molecular complexity index is 540. The lowest BCUT2D eigenvalue weighted by molar-refractivity contribution is -0.384. The number of nitrogens with one attached hydrogen (secondary N) is 1. The van der Waals surface area contributed by atoms with Crippen molar-refractivity contribution < 1.29 is 4.92 Å². The lowest BCUT2D eigenvalue weighted by Gasteiger charge is -2.39. The second kappa shape index (κ2) is 6.08. The van der Waals surface area contributed by atoms with Crippen LogP contribution in [0.1, 0.15) is 32.6 Å². The van der Waals surface area contributed by atoms with Crippen LogP contribution in [0.25, 0.3) is 0 Å². The molecule has 2 saturated heterocycles. The Balaban J connectivity index is 1.84. The Morgan fingerprint density at radius 1 is 1.38 bits per heavy atom. The molecule has 114 valence electrons. The van der Waals surface area contributed by atoms with Crippen molar-refractivity contribution in [1.29, 1.82) is 0 Å². The van der Waals surface area contributed by atoms with Crippen LogP contribution in [-0.4, -0.2) is 29.6 Å². The SMILES string of the molecule is CCN(c1ccc([N+](=O)[O-])cc1I)C1CC2CCC(C1)N2. The van der Waals surface area contributed by atoms with Crippen LogP contribution < -0.4 is 10.2 Å². The third-order valence-corrected chi connectivity index (χ3v) is 5.55. The van der Waals surface area contributed by atoms with Crippen molar-refractivity contribution in [2.45, 2.75) is 50.7 Å². The molecule has 5 nitrogen and oxygen atoms in total. The fraction of sp³-hybridized carbons (Fsp3) is 0.600. The van der Waals surface area contributed by atoms with Crippen LogP contribution in [0.3, 0.4) is 0 Å². The zero-order chi connectivity index (χ0) is 15.0. The first kappa shape index (κ1) is 15.0. The van der Waals surface area contributed by atoms with Crippen molar-refractivity contribution >= 4 is 34.0 Å². The monoisotopic (exact) mass is 401 g/mol. The number of nitro benzene ring substituents is 1. The Hall–Kier alpha value is -0.890. The molecule has 21 heavy (non-hydrogen) atoms. The predicted octanol–water partition coefficient (Wildman–Crippen LogP) is 3.31. The molecule has 2 aliphatic heterocycles. The number of nitro groups is 1. The fourth-order valence-corrected chi connectivity index (χ4v) is 4.56. The first-order valence-corrected chi connectivity index (χ1v) is 8.63. The second-order valence-electron chi connectivity index (χ2n) is 5.94. The fourth-order valence-electron chi connectivity index (χ4n) is 3.75. The van der Waals surface area contributed by atoms with Gasteiger partial charge in [-0.3, -0.25) is 10.1 Å². The molecule has 0 aliphatic carbocycles. The molecule has 0 spiro atoms. The van der Waals surface area contributed by atoms with Crippen molar-refractivity contribution in [3.05, 3.63) is 31.9 Å². The number of hydrogen-bond acceptors (Lipinski definition) is 4. The van der Waals surface area contributed by atoms with Crippen LogP contribution in [0.15, 0.2) is 18.2 Å². The van der Waals surface area contributed by atoms with Gasteiger partial charge in [-0.15, -0.1) is 0 Å². The number of fused-ring (bicyclic) bond motifs is 2. The van der Waals surface area contributed by atoms with Gasteiger partial charge in [0.05, 0.1) is 10.6 Å². The van der Waals surface area contributed by atoms with E-state index in [1.54, 1.807) is 12.1 Å². The number of benzene rings is 1. The van der Waals surface area contributed by atoms with Gasteiger partial charge >= 0.3 is 0 Å². The first-order valence-electron chi connectivity index (χ1n) is 7.55. The maximum absolute atomic E-state index is 10.9. The summed E-state index contributed by atoms with van der Waals surface area (Å²) in [6, 6.07) is 7.05. The van der Waals surface area contributed by atoms with Crippen LogP contribution in [0.5, 0.6) is 0 Å². The summed E-state index contributed by atoms with van der Waals surface area (Å²) in [5, 5.41) is 14.6. The highest BCUT2D eigenvalue weighted by molar-refractivity contribution is 14.1. The average molecular weight is 401 g/mol. The topological polar surface area (TPSA) is 58.4 Å². The van der Waals surface area contributed by atoms with Gasteiger partial charge < -0.3 is 10.2 Å². The van der Waals surface area contributed by atoms with Crippen molar-refractivity contribution in [3.63, 3.8) is 0 Å². The molecule has 6 heteroatoms. The van der Waals surface area contributed by atoms with Gasteiger partial charge in [0.15, 0.2) is 0 Å². The van der Waals surface area contributed by atoms with Gasteiger partial charge in [0.1, 0.15) is 0 Å². The van der Waals surface area contributed by atoms with Gasteiger partial charge in [0.25, 0.3) is 5.69 Å². The number of anilines is 1. The molecule has 1 aromatic rings. The third-order valence-electron chi connectivity index (χ3n) is 4.68. The highest BCUT2D eigenvalue weighted by Crippen LogP contribution is 2.34. The molecular formula is C15H20IN3O2. The van der Waals surface area contributed by atoms with E-state index in [1.807, 2.05) is 6.07 Å². The van der Waals surface area contributed by atoms with E-state index in [1.165, 1.54) is 25.7 Å². The van der Waals surface area contributed by atoms with E-state index in [-0.39, 0.29) is 10.6 Å². The van der Waals surface area contributed by atoms with E-state index < -0.39 is 0 Å². The minimum atomic E-state index is -0.326. The average Bonchev–Trinajstić information content (AvgIpc) is 2.80. The van der Waals surface area contributed by atoms with Crippen molar-refractivity contribution in [2.75, 3.05) is 11.4 Å². The number of halogens is 1. The molecule has 2 atom stereocenters. The second-order valence-corrected chi connectivity index (χ2v) is 7.10. The number of piperidine rings is 1. The van der Waals surface area contributed by atoms with Crippen molar-refractivity contribution in [3.8, 4) is 0 Å². The van der Waals surface area contributed by atoms with E-state index in [9.17, 15) is 10.1 Å². The van der Waals surface area contributed by atoms with Crippen LogP contribution in [0, 0.1) is 13.7 Å². The van der Waals surface area contributed by atoms with Crippen LogP contribution >= 0.6 is 22.6 Å². The van der Waals surface area contributed by atoms with Crippen LogP contribution in [-0.2, 0) is 0 Å². The van der Waals surface area contributed by atoms with Gasteiger partial charge in [0, 0.05) is 40.4 Å². The summed E-state index contributed by atoms with van der Waals surface area (Å²) in [6.07, 6.45) is 4.93. The molecule has 2 aliphatic rings. The maximum Gasteiger partial charge on any atom is 0.270 e. The summed E-state index contributed by atoms with van der Waals surface area (Å²) < 4.78 is 0.967. The first-order chi connectivity index (χ1) is 10.1. The molecule has 0 aromatic heterocycles. The van der Waals surface area contributed by atoms with Crippen LogP contribution in [0.2, 0.25) is 0 Å². The Morgan fingerprint density at radius 2 is 2.05 bits per heavy atom. The van der Waals surface area contributed by atoms with E-state index in [2.05, 4.69) is 39.7 Å².